The number of alkyl halides is 3. The summed E-state index contributed by atoms with van der Waals surface area (Å²) in [6.45, 7) is 2.98. The molecule has 5 aromatic rings. The van der Waals surface area contributed by atoms with Crippen LogP contribution < -0.4 is 9.64 Å². The molecular weight excluding hydrogens is 491 g/mol. The van der Waals surface area contributed by atoms with Crippen LogP contribution in [0, 0.1) is 6.92 Å². The average molecular weight is 516 g/mol. The number of nitrogens with zero attached hydrogens (tertiary/aromatic N) is 4. The summed E-state index contributed by atoms with van der Waals surface area (Å²) in [5, 5.41) is 0. The van der Waals surface area contributed by atoms with Crippen molar-refractivity contribution < 1.29 is 17.9 Å². The number of aromatic amines is 1. The molecule has 3 aromatic carbocycles. The van der Waals surface area contributed by atoms with Crippen molar-refractivity contribution >= 4 is 16.9 Å². The zero-order chi connectivity index (χ0) is 26.3. The number of fused-ring (bicyclic) bond motifs is 2. The number of anilines is 1. The Kier molecular flexibility index (Phi) is 5.98. The number of ether oxygens (including phenoxy) is 1. The number of H-pyrrole nitrogens is 1. The maximum absolute atomic E-state index is 14.0. The quantitative estimate of drug-likeness (QED) is 0.303. The van der Waals surface area contributed by atoms with Crippen LogP contribution in [-0.4, -0.2) is 33.1 Å². The fourth-order valence-electron chi connectivity index (χ4n) is 4.95. The lowest BCUT2D eigenvalue weighted by molar-refractivity contribution is -0.141. The minimum atomic E-state index is -4.60. The number of hydrogen-bond acceptors (Lipinski definition) is 5. The number of hydrogen-bond donors (Lipinski definition) is 1. The number of benzene rings is 3. The van der Waals surface area contributed by atoms with Crippen LogP contribution in [0.4, 0.5) is 19.0 Å². The molecule has 6 nitrogen and oxygen atoms in total. The van der Waals surface area contributed by atoms with Crippen LogP contribution in [0.2, 0.25) is 0 Å². The Morgan fingerprint density at radius 3 is 2.58 bits per heavy atom. The minimum Gasteiger partial charge on any atom is -0.491 e. The van der Waals surface area contributed by atoms with Crippen molar-refractivity contribution in [2.45, 2.75) is 26.1 Å². The number of aryl methyl sites for hydroxylation is 1. The summed E-state index contributed by atoms with van der Waals surface area (Å²) in [5.74, 6) is 1.83. The standard InChI is InChI=1S/C29H24F3N5O/c1-18-35-24-9-7-21(15-25(24)36-18)20-8-10-26-22(14-20)16-37(11-12-38-26)28-23(13-19-5-3-2-4-6-19)27(29(30,31)32)33-17-34-28/h2-10,14-15,17H,11-13,16H2,1H3,(H,35,36). The van der Waals surface area contributed by atoms with Gasteiger partial charge in [0.05, 0.1) is 17.6 Å². The molecule has 2 aromatic heterocycles. The number of nitrogens with one attached hydrogen (secondary N) is 1. The summed E-state index contributed by atoms with van der Waals surface area (Å²) < 4.78 is 48.1. The molecule has 6 rings (SSSR count). The summed E-state index contributed by atoms with van der Waals surface area (Å²) in [4.78, 5) is 17.6. The highest BCUT2D eigenvalue weighted by atomic mass is 19.4. The van der Waals surface area contributed by atoms with Gasteiger partial charge >= 0.3 is 6.18 Å². The van der Waals surface area contributed by atoms with E-state index >= 15 is 0 Å². The molecule has 3 heterocycles. The monoisotopic (exact) mass is 515 g/mol. The number of aromatic nitrogens is 4. The Morgan fingerprint density at radius 1 is 0.974 bits per heavy atom. The second-order valence-electron chi connectivity index (χ2n) is 9.33. The molecule has 1 aliphatic heterocycles. The predicted molar refractivity (Wildman–Crippen MR) is 139 cm³/mol. The van der Waals surface area contributed by atoms with Crippen LogP contribution in [-0.2, 0) is 19.1 Å². The van der Waals surface area contributed by atoms with E-state index in [1.165, 1.54) is 0 Å². The van der Waals surface area contributed by atoms with E-state index in [1.807, 2.05) is 78.6 Å². The molecule has 1 aliphatic rings. The first-order valence-electron chi connectivity index (χ1n) is 12.3. The van der Waals surface area contributed by atoms with Gasteiger partial charge in [0.1, 0.15) is 30.3 Å². The second-order valence-corrected chi connectivity index (χ2v) is 9.33. The van der Waals surface area contributed by atoms with E-state index in [4.69, 9.17) is 4.74 Å². The first-order chi connectivity index (χ1) is 18.3. The molecule has 0 saturated carbocycles. The molecule has 9 heteroatoms. The molecule has 38 heavy (non-hydrogen) atoms. The minimum absolute atomic E-state index is 0.0610. The maximum atomic E-state index is 14.0. The predicted octanol–water partition coefficient (Wildman–Crippen LogP) is 6.34. The third-order valence-electron chi connectivity index (χ3n) is 6.69. The third-order valence-corrected chi connectivity index (χ3v) is 6.69. The molecule has 0 bridgehead atoms. The van der Waals surface area contributed by atoms with Crippen LogP contribution in [0.3, 0.4) is 0 Å². The molecular formula is C29H24F3N5O. The smallest absolute Gasteiger partial charge is 0.433 e. The molecule has 0 fully saturated rings. The van der Waals surface area contributed by atoms with E-state index in [-0.39, 0.29) is 17.8 Å². The molecule has 192 valence electrons. The first-order valence-corrected chi connectivity index (χ1v) is 12.3. The van der Waals surface area contributed by atoms with Crippen molar-refractivity contribution in [3.8, 4) is 16.9 Å². The number of halogens is 3. The van der Waals surface area contributed by atoms with Crippen molar-refractivity contribution in [1.29, 1.82) is 0 Å². The fraction of sp³-hybridized carbons (Fsp3) is 0.207. The van der Waals surface area contributed by atoms with E-state index in [0.717, 1.165) is 45.4 Å². The Hall–Kier alpha value is -4.40. The third kappa shape index (κ3) is 4.67. The average Bonchev–Trinajstić information content (AvgIpc) is 3.14. The molecule has 0 spiro atoms. The van der Waals surface area contributed by atoms with Crippen LogP contribution >= 0.6 is 0 Å². The summed E-state index contributed by atoms with van der Waals surface area (Å²) in [6.07, 6.45) is -3.53. The van der Waals surface area contributed by atoms with E-state index in [0.29, 0.717) is 25.4 Å². The Morgan fingerprint density at radius 2 is 1.76 bits per heavy atom. The van der Waals surface area contributed by atoms with Crippen molar-refractivity contribution in [2.24, 2.45) is 0 Å². The van der Waals surface area contributed by atoms with Gasteiger partial charge in [-0.2, -0.15) is 13.2 Å². The van der Waals surface area contributed by atoms with Gasteiger partial charge in [-0.25, -0.2) is 15.0 Å². The van der Waals surface area contributed by atoms with E-state index in [1.54, 1.807) is 0 Å². The highest BCUT2D eigenvalue weighted by molar-refractivity contribution is 5.82. The summed E-state index contributed by atoms with van der Waals surface area (Å²) in [5.41, 5.74) is 4.60. The highest BCUT2D eigenvalue weighted by Gasteiger charge is 2.37. The summed E-state index contributed by atoms with van der Waals surface area (Å²) >= 11 is 0. The van der Waals surface area contributed by atoms with Crippen molar-refractivity contribution in [1.82, 2.24) is 19.9 Å². The Labute approximate surface area is 217 Å². The van der Waals surface area contributed by atoms with Crippen LogP contribution in [0.15, 0.2) is 73.1 Å². The van der Waals surface area contributed by atoms with Crippen molar-refractivity contribution in [2.75, 3.05) is 18.1 Å². The van der Waals surface area contributed by atoms with Crippen LogP contribution in [0.1, 0.15) is 28.2 Å². The van der Waals surface area contributed by atoms with Gasteiger partial charge in [-0.15, -0.1) is 0 Å². The molecule has 0 saturated heterocycles. The first kappa shape index (κ1) is 24.0. The van der Waals surface area contributed by atoms with Crippen LogP contribution in [0.25, 0.3) is 22.2 Å². The van der Waals surface area contributed by atoms with Gasteiger partial charge in [0.15, 0.2) is 5.69 Å². The SMILES string of the molecule is Cc1nc2ccc(-c3ccc4c(c3)CN(c3ncnc(C(F)(F)F)c3Cc3ccccc3)CCO4)cc2[nH]1. The molecule has 1 N–H and O–H groups in total. The lowest BCUT2D eigenvalue weighted by Crippen LogP contribution is -2.29. The van der Waals surface area contributed by atoms with Gasteiger partial charge in [0.2, 0.25) is 0 Å². The highest BCUT2D eigenvalue weighted by Crippen LogP contribution is 2.37. The van der Waals surface area contributed by atoms with Gasteiger partial charge in [-0.05, 0) is 47.9 Å². The number of imidazole rings is 1. The molecule has 0 atom stereocenters. The molecule has 0 aliphatic carbocycles. The second kappa shape index (κ2) is 9.48. The normalized spacial score (nSPS) is 13.7. The summed E-state index contributed by atoms with van der Waals surface area (Å²) in [6, 6.07) is 21.0. The molecule has 0 amide bonds. The Balaban J connectivity index is 1.39. The summed E-state index contributed by atoms with van der Waals surface area (Å²) in [7, 11) is 0. The van der Waals surface area contributed by atoms with Crippen LogP contribution in [0.5, 0.6) is 5.75 Å². The largest absolute Gasteiger partial charge is 0.491 e. The molecule has 0 unspecified atom stereocenters. The fourth-order valence-corrected chi connectivity index (χ4v) is 4.95. The van der Waals surface area contributed by atoms with E-state index in [2.05, 4.69) is 19.9 Å². The van der Waals surface area contributed by atoms with E-state index < -0.39 is 11.9 Å². The lowest BCUT2D eigenvalue weighted by atomic mass is 10.0. The maximum Gasteiger partial charge on any atom is 0.433 e. The van der Waals surface area contributed by atoms with Gasteiger partial charge in [0.25, 0.3) is 0 Å². The zero-order valence-electron chi connectivity index (χ0n) is 20.6. The van der Waals surface area contributed by atoms with Gasteiger partial charge < -0.3 is 14.6 Å². The zero-order valence-corrected chi connectivity index (χ0v) is 20.6. The molecule has 0 radical (unpaired) electrons. The van der Waals surface area contributed by atoms with E-state index in [9.17, 15) is 13.2 Å². The van der Waals surface area contributed by atoms with Crippen molar-refractivity contribution in [3.63, 3.8) is 0 Å². The van der Waals surface area contributed by atoms with Gasteiger partial charge in [-0.1, -0.05) is 42.5 Å². The van der Waals surface area contributed by atoms with Gasteiger partial charge in [0, 0.05) is 24.1 Å². The van der Waals surface area contributed by atoms with Gasteiger partial charge in [-0.3, -0.25) is 0 Å². The van der Waals surface area contributed by atoms with Crippen molar-refractivity contribution in [3.05, 3.63) is 101 Å². The topological polar surface area (TPSA) is 66.9 Å². The lowest BCUT2D eigenvalue weighted by Gasteiger charge is -2.25. The Bertz CT molecular complexity index is 1610. The number of rotatable bonds is 4.